The highest BCUT2D eigenvalue weighted by atomic mass is 79.9. The van der Waals surface area contributed by atoms with Crippen molar-refractivity contribution >= 4 is 26.8 Å². The van der Waals surface area contributed by atoms with Gasteiger partial charge >= 0.3 is 0 Å². The third-order valence-corrected chi connectivity index (χ3v) is 4.94. The molecule has 3 aromatic rings. The van der Waals surface area contributed by atoms with Crippen LogP contribution in [0.25, 0.3) is 10.9 Å². The summed E-state index contributed by atoms with van der Waals surface area (Å²) in [6.45, 7) is 0. The van der Waals surface area contributed by atoms with Crippen molar-refractivity contribution in [3.8, 4) is 0 Å². The Morgan fingerprint density at radius 2 is 1.90 bits per heavy atom. The van der Waals surface area contributed by atoms with Crippen molar-refractivity contribution < 1.29 is 5.11 Å². The lowest BCUT2D eigenvalue weighted by molar-refractivity contribution is 0.138. The quantitative estimate of drug-likeness (QED) is 0.677. The first-order valence-corrected chi connectivity index (χ1v) is 8.06. The fourth-order valence-electron chi connectivity index (χ4n) is 3.48. The fourth-order valence-corrected chi connectivity index (χ4v) is 3.84. The molecular weight excluding hydrogens is 326 g/mol. The van der Waals surface area contributed by atoms with E-state index in [-0.39, 0.29) is 12.0 Å². The zero-order valence-electron chi connectivity index (χ0n) is 11.5. The highest BCUT2D eigenvalue weighted by molar-refractivity contribution is 9.10. The summed E-state index contributed by atoms with van der Waals surface area (Å²) >= 11 is 3.55. The molecule has 2 N–H and O–H groups in total. The van der Waals surface area contributed by atoms with Gasteiger partial charge in [0.1, 0.15) is 0 Å². The number of nitrogens with one attached hydrogen (secondary N) is 1. The van der Waals surface area contributed by atoms with Gasteiger partial charge in [0.25, 0.3) is 0 Å². The van der Waals surface area contributed by atoms with E-state index in [1.165, 1.54) is 22.2 Å². The molecule has 0 fully saturated rings. The number of H-pyrrole nitrogens is 1. The number of fused-ring (bicyclic) bond motifs is 3. The highest BCUT2D eigenvalue weighted by Crippen LogP contribution is 2.40. The van der Waals surface area contributed by atoms with Gasteiger partial charge in [-0.1, -0.05) is 46.3 Å². The van der Waals surface area contributed by atoms with Crippen LogP contribution in [0.15, 0.2) is 53.0 Å². The summed E-state index contributed by atoms with van der Waals surface area (Å²) < 4.78 is 1.10. The first kappa shape index (κ1) is 13.1. The number of hydrogen-bond donors (Lipinski definition) is 2. The van der Waals surface area contributed by atoms with Gasteiger partial charge < -0.3 is 10.1 Å². The Morgan fingerprint density at radius 1 is 1.10 bits per heavy atom. The van der Waals surface area contributed by atoms with Crippen molar-refractivity contribution in [2.75, 3.05) is 0 Å². The zero-order chi connectivity index (χ0) is 14.4. The van der Waals surface area contributed by atoms with Crippen LogP contribution < -0.4 is 0 Å². The van der Waals surface area contributed by atoms with E-state index in [1.807, 2.05) is 18.2 Å². The Hall–Kier alpha value is -1.58. The molecule has 3 heteroatoms. The van der Waals surface area contributed by atoms with Crippen molar-refractivity contribution in [2.24, 2.45) is 0 Å². The topological polar surface area (TPSA) is 36.0 Å². The minimum absolute atomic E-state index is 0.0427. The van der Waals surface area contributed by atoms with Gasteiger partial charge in [-0.15, -0.1) is 0 Å². The van der Waals surface area contributed by atoms with Gasteiger partial charge in [0.05, 0.1) is 12.0 Å². The molecule has 0 saturated carbocycles. The van der Waals surface area contributed by atoms with Crippen molar-refractivity contribution in [1.29, 1.82) is 0 Å². The number of aromatic nitrogens is 1. The second kappa shape index (κ2) is 5.00. The monoisotopic (exact) mass is 341 g/mol. The van der Waals surface area contributed by atoms with Crippen molar-refractivity contribution in [1.82, 2.24) is 4.98 Å². The zero-order valence-corrected chi connectivity index (χ0v) is 13.1. The molecule has 2 unspecified atom stereocenters. The average Bonchev–Trinajstić information content (AvgIpc) is 2.85. The molecule has 0 amide bonds. The number of aromatic amines is 1. The van der Waals surface area contributed by atoms with Crippen LogP contribution in [0.3, 0.4) is 0 Å². The number of rotatable bonds is 1. The standard InChI is InChI=1S/C18H16BrNO/c19-12-6-8-15-14(10-12)13-7-9-16(21)17(18(13)20-15)11-4-2-1-3-5-11/h1-6,8,10,16-17,20-21H,7,9H2. The number of hydrogen-bond acceptors (Lipinski definition) is 1. The Bertz CT molecular complexity index is 794. The molecular formula is C18H16BrNO. The number of aryl methyl sites for hydroxylation is 1. The Kier molecular flexibility index (Phi) is 3.12. The molecule has 0 radical (unpaired) electrons. The lowest BCUT2D eigenvalue weighted by Crippen LogP contribution is -2.26. The van der Waals surface area contributed by atoms with Gasteiger partial charge in [-0.2, -0.15) is 0 Å². The molecule has 21 heavy (non-hydrogen) atoms. The highest BCUT2D eigenvalue weighted by Gasteiger charge is 2.32. The third-order valence-electron chi connectivity index (χ3n) is 4.45. The summed E-state index contributed by atoms with van der Waals surface area (Å²) in [5, 5.41) is 11.8. The van der Waals surface area contributed by atoms with Crippen LogP contribution in [0.2, 0.25) is 0 Å². The van der Waals surface area contributed by atoms with Crippen LogP contribution in [0.5, 0.6) is 0 Å². The predicted molar refractivity (Wildman–Crippen MR) is 88.6 cm³/mol. The maximum atomic E-state index is 10.5. The minimum Gasteiger partial charge on any atom is -0.392 e. The largest absolute Gasteiger partial charge is 0.392 e. The van der Waals surface area contributed by atoms with Crippen LogP contribution in [0, 0.1) is 0 Å². The fraction of sp³-hybridized carbons (Fsp3) is 0.222. The van der Waals surface area contributed by atoms with Gasteiger partial charge in [0.15, 0.2) is 0 Å². The first-order valence-electron chi connectivity index (χ1n) is 7.27. The van der Waals surface area contributed by atoms with Crippen LogP contribution in [0.4, 0.5) is 0 Å². The van der Waals surface area contributed by atoms with E-state index in [0.717, 1.165) is 22.8 Å². The lowest BCUT2D eigenvalue weighted by Gasteiger charge is -2.28. The van der Waals surface area contributed by atoms with Crippen LogP contribution in [-0.4, -0.2) is 16.2 Å². The predicted octanol–water partition coefficient (Wildman–Crippen LogP) is 4.37. The summed E-state index contributed by atoms with van der Waals surface area (Å²) in [6, 6.07) is 16.6. The molecule has 0 aliphatic heterocycles. The van der Waals surface area contributed by atoms with Gasteiger partial charge in [-0.05, 0) is 42.2 Å². The number of benzene rings is 2. The van der Waals surface area contributed by atoms with Crippen molar-refractivity contribution in [3.63, 3.8) is 0 Å². The molecule has 1 aliphatic carbocycles. The smallest absolute Gasteiger partial charge is 0.0667 e. The molecule has 1 aromatic heterocycles. The molecule has 1 aliphatic rings. The SMILES string of the molecule is OC1CCc2c([nH]c3ccc(Br)cc23)C1c1ccccc1. The Labute approximate surface area is 131 Å². The molecule has 4 rings (SSSR count). The van der Waals surface area contributed by atoms with E-state index in [4.69, 9.17) is 0 Å². The van der Waals surface area contributed by atoms with E-state index in [2.05, 4.69) is 51.2 Å². The van der Waals surface area contributed by atoms with E-state index >= 15 is 0 Å². The second-order valence-electron chi connectivity index (χ2n) is 5.70. The second-order valence-corrected chi connectivity index (χ2v) is 6.62. The number of aliphatic hydroxyl groups is 1. The minimum atomic E-state index is -0.323. The first-order chi connectivity index (χ1) is 10.2. The molecule has 2 nitrogen and oxygen atoms in total. The molecule has 0 bridgehead atoms. The van der Waals surface area contributed by atoms with Gasteiger partial charge in [-0.25, -0.2) is 0 Å². The van der Waals surface area contributed by atoms with E-state index in [0.29, 0.717) is 0 Å². The van der Waals surface area contributed by atoms with Gasteiger partial charge in [-0.3, -0.25) is 0 Å². The summed E-state index contributed by atoms with van der Waals surface area (Å²) in [7, 11) is 0. The maximum absolute atomic E-state index is 10.5. The van der Waals surface area contributed by atoms with E-state index < -0.39 is 0 Å². The normalized spacial score (nSPS) is 21.4. The lowest BCUT2D eigenvalue weighted by atomic mass is 9.80. The Balaban J connectivity index is 1.94. The van der Waals surface area contributed by atoms with Crippen molar-refractivity contribution in [2.45, 2.75) is 24.9 Å². The molecule has 0 spiro atoms. The molecule has 1 heterocycles. The summed E-state index contributed by atoms with van der Waals surface area (Å²) in [4.78, 5) is 3.54. The van der Waals surface area contributed by atoms with Crippen LogP contribution in [0.1, 0.15) is 29.2 Å². The number of halogens is 1. The molecule has 2 aromatic carbocycles. The third kappa shape index (κ3) is 2.12. The van der Waals surface area contributed by atoms with Crippen LogP contribution in [-0.2, 0) is 6.42 Å². The van der Waals surface area contributed by atoms with Crippen molar-refractivity contribution in [3.05, 3.63) is 69.8 Å². The van der Waals surface area contributed by atoms with E-state index in [9.17, 15) is 5.11 Å². The van der Waals surface area contributed by atoms with Gasteiger partial charge in [0.2, 0.25) is 0 Å². The molecule has 2 atom stereocenters. The summed E-state index contributed by atoms with van der Waals surface area (Å²) in [6.07, 6.45) is 1.42. The average molecular weight is 342 g/mol. The Morgan fingerprint density at radius 3 is 2.71 bits per heavy atom. The van der Waals surface area contributed by atoms with Gasteiger partial charge in [0, 0.05) is 21.1 Å². The number of aliphatic hydroxyl groups excluding tert-OH is 1. The summed E-state index contributed by atoms with van der Waals surface area (Å²) in [5.74, 6) is 0.0427. The van der Waals surface area contributed by atoms with E-state index in [1.54, 1.807) is 0 Å². The molecule has 106 valence electrons. The summed E-state index contributed by atoms with van der Waals surface area (Å²) in [5.41, 5.74) is 4.85. The maximum Gasteiger partial charge on any atom is 0.0667 e. The van der Waals surface area contributed by atoms with Crippen LogP contribution >= 0.6 is 15.9 Å². The molecule has 0 saturated heterocycles.